The molecule has 0 amide bonds. The topological polar surface area (TPSA) is 51.8 Å². The van der Waals surface area contributed by atoms with Gasteiger partial charge in [0.2, 0.25) is 5.90 Å². The molecule has 3 aromatic rings. The summed E-state index contributed by atoms with van der Waals surface area (Å²) in [6.45, 7) is 0. The van der Waals surface area contributed by atoms with Crippen molar-refractivity contribution >= 4 is 41.1 Å². The van der Waals surface area contributed by atoms with E-state index in [-0.39, 0.29) is 11.6 Å². The van der Waals surface area contributed by atoms with Gasteiger partial charge < -0.3 is 9.15 Å². The number of furan rings is 1. The predicted molar refractivity (Wildman–Crippen MR) is 101 cm³/mol. The fourth-order valence-electron chi connectivity index (χ4n) is 2.55. The zero-order chi connectivity index (χ0) is 19.0. The normalized spacial score (nSPS) is 15.1. The molecule has 4 rings (SSSR count). The van der Waals surface area contributed by atoms with Crippen LogP contribution in [0.2, 0.25) is 10.0 Å². The molecule has 7 heteroatoms. The van der Waals surface area contributed by atoms with Crippen molar-refractivity contribution < 1.29 is 18.3 Å². The number of nitrogens with zero attached hydrogens (tertiary/aromatic N) is 1. The molecule has 0 saturated heterocycles. The summed E-state index contributed by atoms with van der Waals surface area (Å²) in [5, 5.41) is 0.966. The number of hydrogen-bond donors (Lipinski definition) is 0. The quantitative estimate of drug-likeness (QED) is 0.415. The monoisotopic (exact) mass is 401 g/mol. The van der Waals surface area contributed by atoms with Gasteiger partial charge in [0.25, 0.3) is 0 Å². The van der Waals surface area contributed by atoms with Crippen LogP contribution < -0.4 is 0 Å². The number of hydrogen-bond acceptors (Lipinski definition) is 4. The Morgan fingerprint density at radius 2 is 1.89 bits per heavy atom. The average molecular weight is 402 g/mol. The van der Waals surface area contributed by atoms with Crippen molar-refractivity contribution in [3.8, 4) is 11.3 Å². The van der Waals surface area contributed by atoms with Crippen LogP contribution in [0.3, 0.4) is 0 Å². The van der Waals surface area contributed by atoms with E-state index in [0.29, 0.717) is 32.7 Å². The highest BCUT2D eigenvalue weighted by Crippen LogP contribution is 2.32. The maximum absolute atomic E-state index is 13.3. The molecule has 0 spiro atoms. The second kappa shape index (κ2) is 7.02. The van der Waals surface area contributed by atoms with Crippen molar-refractivity contribution in [3.05, 3.63) is 87.5 Å². The van der Waals surface area contributed by atoms with Gasteiger partial charge in [-0.3, -0.25) is 0 Å². The third kappa shape index (κ3) is 3.65. The smallest absolute Gasteiger partial charge is 0.363 e. The van der Waals surface area contributed by atoms with Gasteiger partial charge in [-0.2, -0.15) is 0 Å². The van der Waals surface area contributed by atoms with Crippen molar-refractivity contribution in [1.29, 1.82) is 0 Å². The lowest BCUT2D eigenvalue weighted by Gasteiger charge is -2.00. The first-order valence-corrected chi connectivity index (χ1v) is 8.59. The molecule has 134 valence electrons. The van der Waals surface area contributed by atoms with Crippen LogP contribution in [0.1, 0.15) is 11.3 Å². The van der Waals surface area contributed by atoms with Crippen LogP contribution in [0, 0.1) is 5.82 Å². The SMILES string of the molecule is O=C1OC(c2cccc(F)c2)=N/C1=C/c1ccc(-c2ccc(Cl)cc2Cl)o1. The van der Waals surface area contributed by atoms with E-state index in [0.717, 1.165) is 0 Å². The molecule has 0 N–H and O–H groups in total. The number of benzene rings is 2. The largest absolute Gasteiger partial charge is 0.457 e. The van der Waals surface area contributed by atoms with Gasteiger partial charge in [0.1, 0.15) is 17.3 Å². The lowest BCUT2D eigenvalue weighted by molar-refractivity contribution is -0.129. The van der Waals surface area contributed by atoms with Gasteiger partial charge in [-0.05, 0) is 48.5 Å². The van der Waals surface area contributed by atoms with Crippen molar-refractivity contribution in [3.63, 3.8) is 0 Å². The van der Waals surface area contributed by atoms with Gasteiger partial charge in [-0.25, -0.2) is 14.2 Å². The van der Waals surface area contributed by atoms with E-state index in [4.69, 9.17) is 32.4 Å². The number of halogens is 3. The van der Waals surface area contributed by atoms with Gasteiger partial charge in [0, 0.05) is 22.2 Å². The predicted octanol–water partition coefficient (Wildman–Crippen LogP) is 5.74. The molecular formula is C20H10Cl2FNO3. The van der Waals surface area contributed by atoms with Crippen LogP contribution in [0.5, 0.6) is 0 Å². The van der Waals surface area contributed by atoms with E-state index in [1.54, 1.807) is 36.4 Å². The van der Waals surface area contributed by atoms with Gasteiger partial charge in [-0.15, -0.1) is 0 Å². The van der Waals surface area contributed by atoms with Crippen LogP contribution in [0.4, 0.5) is 4.39 Å². The first-order chi connectivity index (χ1) is 13.0. The van der Waals surface area contributed by atoms with Gasteiger partial charge >= 0.3 is 5.97 Å². The highest BCUT2D eigenvalue weighted by molar-refractivity contribution is 6.36. The summed E-state index contributed by atoms with van der Waals surface area (Å²) in [6.07, 6.45) is 1.45. The summed E-state index contributed by atoms with van der Waals surface area (Å²) < 4.78 is 24.2. The summed E-state index contributed by atoms with van der Waals surface area (Å²) in [5.74, 6) is -0.134. The van der Waals surface area contributed by atoms with E-state index in [9.17, 15) is 9.18 Å². The Bertz CT molecular complexity index is 1120. The molecular weight excluding hydrogens is 392 g/mol. The summed E-state index contributed by atoms with van der Waals surface area (Å²) >= 11 is 12.1. The highest BCUT2D eigenvalue weighted by Gasteiger charge is 2.25. The lowest BCUT2D eigenvalue weighted by Crippen LogP contribution is -2.05. The number of carbonyl (C=O) groups is 1. The minimum absolute atomic E-state index is 0.0401. The van der Waals surface area contributed by atoms with E-state index >= 15 is 0 Å². The van der Waals surface area contributed by atoms with Crippen LogP contribution in [0.25, 0.3) is 17.4 Å². The van der Waals surface area contributed by atoms with E-state index in [1.165, 1.54) is 24.3 Å². The molecule has 0 atom stereocenters. The Morgan fingerprint density at radius 3 is 2.67 bits per heavy atom. The van der Waals surface area contributed by atoms with E-state index in [1.807, 2.05) is 0 Å². The van der Waals surface area contributed by atoms with Crippen LogP contribution in [-0.2, 0) is 9.53 Å². The fraction of sp³-hybridized carbons (Fsp3) is 0. The second-order valence-corrected chi connectivity index (χ2v) is 6.52. The standard InChI is InChI=1S/C20H10Cl2FNO3/c21-12-4-6-15(16(22)9-12)18-7-5-14(26-18)10-17-20(25)27-19(24-17)11-2-1-3-13(23)8-11/h1-10H/b17-10+. The van der Waals surface area contributed by atoms with Gasteiger partial charge in [0.15, 0.2) is 5.70 Å². The number of ether oxygens (including phenoxy) is 1. The minimum Gasteiger partial charge on any atom is -0.457 e. The number of aliphatic imine (C=N–C) groups is 1. The Hall–Kier alpha value is -2.89. The second-order valence-electron chi connectivity index (χ2n) is 5.67. The summed E-state index contributed by atoms with van der Waals surface area (Å²) in [6, 6.07) is 14.1. The number of cyclic esters (lactones) is 1. The van der Waals surface area contributed by atoms with Crippen molar-refractivity contribution in [2.24, 2.45) is 4.99 Å². The molecule has 27 heavy (non-hydrogen) atoms. The molecule has 4 nitrogen and oxygen atoms in total. The van der Waals surface area contributed by atoms with Crippen LogP contribution in [-0.4, -0.2) is 11.9 Å². The zero-order valence-corrected chi connectivity index (χ0v) is 15.1. The molecule has 2 aromatic carbocycles. The third-order valence-electron chi connectivity index (χ3n) is 3.79. The van der Waals surface area contributed by atoms with E-state index in [2.05, 4.69) is 4.99 Å². The molecule has 0 bridgehead atoms. The summed E-state index contributed by atoms with van der Waals surface area (Å²) in [5.41, 5.74) is 1.10. The third-order valence-corrected chi connectivity index (χ3v) is 4.34. The molecule has 0 aliphatic carbocycles. The van der Waals surface area contributed by atoms with Crippen molar-refractivity contribution in [2.45, 2.75) is 0 Å². The first kappa shape index (κ1) is 17.5. The van der Waals surface area contributed by atoms with Crippen molar-refractivity contribution in [2.75, 3.05) is 0 Å². The molecule has 0 radical (unpaired) electrons. The fourth-order valence-corrected chi connectivity index (χ4v) is 3.05. The molecule has 0 fully saturated rings. The van der Waals surface area contributed by atoms with Crippen LogP contribution >= 0.6 is 23.2 Å². The zero-order valence-electron chi connectivity index (χ0n) is 13.6. The van der Waals surface area contributed by atoms with Gasteiger partial charge in [-0.1, -0.05) is 29.3 Å². The number of esters is 1. The molecule has 1 aliphatic rings. The maximum atomic E-state index is 13.3. The Balaban J connectivity index is 1.64. The Labute approximate surface area is 163 Å². The Morgan fingerprint density at radius 1 is 1.04 bits per heavy atom. The molecule has 1 aliphatic heterocycles. The number of carbonyl (C=O) groups excluding carboxylic acids is 1. The first-order valence-electron chi connectivity index (χ1n) is 7.83. The van der Waals surface area contributed by atoms with Crippen LogP contribution in [0.15, 0.2) is 69.7 Å². The van der Waals surface area contributed by atoms with Gasteiger partial charge in [0.05, 0.1) is 5.02 Å². The summed E-state index contributed by atoms with van der Waals surface area (Å²) in [4.78, 5) is 16.2. The lowest BCUT2D eigenvalue weighted by atomic mass is 10.2. The molecule has 2 heterocycles. The van der Waals surface area contributed by atoms with E-state index < -0.39 is 11.8 Å². The number of rotatable bonds is 3. The Kier molecular flexibility index (Phi) is 4.56. The molecule has 0 saturated carbocycles. The summed E-state index contributed by atoms with van der Waals surface area (Å²) in [7, 11) is 0. The van der Waals surface area contributed by atoms with Crippen molar-refractivity contribution in [1.82, 2.24) is 0 Å². The molecule has 1 aromatic heterocycles. The maximum Gasteiger partial charge on any atom is 0.363 e. The average Bonchev–Trinajstić information content (AvgIpc) is 3.23. The molecule has 0 unspecified atom stereocenters. The minimum atomic E-state index is -0.642. The highest BCUT2D eigenvalue weighted by atomic mass is 35.5.